The van der Waals surface area contributed by atoms with Crippen molar-refractivity contribution < 1.29 is 14.3 Å². The third-order valence-corrected chi connectivity index (χ3v) is 3.50. The number of para-hydroxylation sites is 1. The summed E-state index contributed by atoms with van der Waals surface area (Å²) in [6.45, 7) is 2.46. The summed E-state index contributed by atoms with van der Waals surface area (Å²) in [6, 6.07) is 12.1. The maximum absolute atomic E-state index is 12.1. The number of halogens is 2. The predicted octanol–water partition coefficient (Wildman–Crippen LogP) is 4.75. The molecule has 0 saturated carbocycles. The molecule has 0 N–H and O–H groups in total. The summed E-state index contributed by atoms with van der Waals surface area (Å²) in [5.41, 5.74) is 1.17. The van der Waals surface area contributed by atoms with Crippen molar-refractivity contribution in [1.82, 2.24) is 0 Å². The molecule has 0 heterocycles. The van der Waals surface area contributed by atoms with E-state index in [-0.39, 0.29) is 6.61 Å². The molecule has 0 aromatic heterocycles. The van der Waals surface area contributed by atoms with Gasteiger partial charge in [0.25, 0.3) is 0 Å². The lowest BCUT2D eigenvalue weighted by Crippen LogP contribution is -2.08. The number of ether oxygens (including phenoxy) is 2. The molecule has 0 bridgehead atoms. The van der Waals surface area contributed by atoms with Gasteiger partial charge in [0.05, 0.1) is 16.7 Å². The van der Waals surface area contributed by atoms with Gasteiger partial charge in [0, 0.05) is 0 Å². The Balaban J connectivity index is 2.06. The Morgan fingerprint density at radius 3 is 2.57 bits per heavy atom. The zero-order chi connectivity index (χ0) is 15.2. The zero-order valence-corrected chi connectivity index (χ0v) is 12.9. The highest BCUT2D eigenvalue weighted by Gasteiger charge is 2.13. The van der Waals surface area contributed by atoms with Gasteiger partial charge in [0.15, 0.2) is 0 Å². The van der Waals surface area contributed by atoms with Crippen LogP contribution in [0.15, 0.2) is 42.5 Å². The number of carbonyl (C=O) groups is 1. The van der Waals surface area contributed by atoms with Gasteiger partial charge in [-0.25, -0.2) is 4.79 Å². The third-order valence-electron chi connectivity index (χ3n) is 2.76. The molecule has 2 aromatic carbocycles. The van der Waals surface area contributed by atoms with Crippen molar-refractivity contribution in [2.75, 3.05) is 6.61 Å². The van der Waals surface area contributed by atoms with Crippen molar-refractivity contribution in [2.45, 2.75) is 13.5 Å². The zero-order valence-electron chi connectivity index (χ0n) is 11.4. The first kappa shape index (κ1) is 15.7. The Morgan fingerprint density at radius 1 is 1.10 bits per heavy atom. The molecule has 2 aromatic rings. The molecule has 0 aliphatic carbocycles. The van der Waals surface area contributed by atoms with E-state index in [1.165, 1.54) is 0 Å². The fourth-order valence-corrected chi connectivity index (χ4v) is 2.09. The third kappa shape index (κ3) is 4.13. The first-order valence-electron chi connectivity index (χ1n) is 6.44. The number of hydrogen-bond donors (Lipinski definition) is 0. The molecule has 0 radical (unpaired) electrons. The van der Waals surface area contributed by atoms with E-state index >= 15 is 0 Å². The monoisotopic (exact) mass is 324 g/mol. The van der Waals surface area contributed by atoms with E-state index in [0.29, 0.717) is 28.0 Å². The van der Waals surface area contributed by atoms with E-state index in [9.17, 15) is 4.79 Å². The molecule has 0 aliphatic rings. The van der Waals surface area contributed by atoms with Crippen LogP contribution < -0.4 is 4.74 Å². The van der Waals surface area contributed by atoms with Crippen molar-refractivity contribution in [3.8, 4) is 5.75 Å². The van der Waals surface area contributed by atoms with Crippen LogP contribution in [0.4, 0.5) is 0 Å². The maximum Gasteiger partial charge on any atom is 0.342 e. The minimum Gasteiger partial charge on any atom is -0.493 e. The number of carbonyl (C=O) groups excluding carboxylic acids is 1. The van der Waals surface area contributed by atoms with Crippen LogP contribution >= 0.6 is 23.2 Å². The Hall–Kier alpha value is -1.71. The second-order valence-electron chi connectivity index (χ2n) is 4.25. The largest absolute Gasteiger partial charge is 0.493 e. The number of hydrogen-bond acceptors (Lipinski definition) is 3. The molecule has 0 spiro atoms. The second kappa shape index (κ2) is 7.34. The molecule has 0 amide bonds. The molecule has 0 fully saturated rings. The summed E-state index contributed by atoms with van der Waals surface area (Å²) in [6.07, 6.45) is 0. The summed E-state index contributed by atoms with van der Waals surface area (Å²) in [5, 5.41) is 0.897. The summed E-state index contributed by atoms with van der Waals surface area (Å²) >= 11 is 11.8. The van der Waals surface area contributed by atoms with E-state index < -0.39 is 5.97 Å². The molecule has 0 aliphatic heterocycles. The summed E-state index contributed by atoms with van der Waals surface area (Å²) in [5.74, 6) is 0.0734. The molecule has 0 unspecified atom stereocenters. The smallest absolute Gasteiger partial charge is 0.342 e. The fraction of sp³-hybridized carbons (Fsp3) is 0.188. The van der Waals surface area contributed by atoms with Crippen molar-refractivity contribution in [1.29, 1.82) is 0 Å². The van der Waals surface area contributed by atoms with Crippen LogP contribution in [0.5, 0.6) is 5.75 Å². The minimum atomic E-state index is -0.440. The van der Waals surface area contributed by atoms with E-state index in [2.05, 4.69) is 0 Å². The molecule has 5 heteroatoms. The van der Waals surface area contributed by atoms with Crippen molar-refractivity contribution in [2.24, 2.45) is 0 Å². The SMILES string of the molecule is CCOc1ccccc1C(=O)OCc1ccc(Cl)c(Cl)c1. The number of rotatable bonds is 5. The Labute approximate surface area is 133 Å². The molecule has 0 atom stereocenters. The quantitative estimate of drug-likeness (QED) is 0.744. The van der Waals surface area contributed by atoms with Gasteiger partial charge in [-0.15, -0.1) is 0 Å². The van der Waals surface area contributed by atoms with E-state index in [0.717, 1.165) is 5.56 Å². The molecule has 0 saturated heterocycles. The van der Waals surface area contributed by atoms with Gasteiger partial charge in [-0.1, -0.05) is 41.4 Å². The van der Waals surface area contributed by atoms with Crippen LogP contribution in [-0.4, -0.2) is 12.6 Å². The Kier molecular flexibility index (Phi) is 5.48. The van der Waals surface area contributed by atoms with E-state index in [4.69, 9.17) is 32.7 Å². The summed E-state index contributed by atoms with van der Waals surface area (Å²) in [7, 11) is 0. The summed E-state index contributed by atoms with van der Waals surface area (Å²) in [4.78, 5) is 12.1. The Morgan fingerprint density at radius 2 is 1.86 bits per heavy atom. The lowest BCUT2D eigenvalue weighted by molar-refractivity contribution is 0.0468. The van der Waals surface area contributed by atoms with Gasteiger partial charge in [0.2, 0.25) is 0 Å². The van der Waals surface area contributed by atoms with Crippen LogP contribution in [0.1, 0.15) is 22.8 Å². The van der Waals surface area contributed by atoms with Gasteiger partial charge in [-0.05, 0) is 36.8 Å². The minimum absolute atomic E-state index is 0.121. The highest BCUT2D eigenvalue weighted by Crippen LogP contribution is 2.24. The first-order valence-corrected chi connectivity index (χ1v) is 7.20. The van der Waals surface area contributed by atoms with Crippen LogP contribution in [0.2, 0.25) is 10.0 Å². The van der Waals surface area contributed by atoms with Gasteiger partial charge in [-0.2, -0.15) is 0 Å². The lowest BCUT2D eigenvalue weighted by atomic mass is 10.2. The molecule has 110 valence electrons. The van der Waals surface area contributed by atoms with E-state index in [1.54, 1.807) is 42.5 Å². The van der Waals surface area contributed by atoms with Crippen LogP contribution in [0, 0.1) is 0 Å². The average molecular weight is 325 g/mol. The van der Waals surface area contributed by atoms with Crippen LogP contribution in [0.25, 0.3) is 0 Å². The molecule has 3 nitrogen and oxygen atoms in total. The number of benzene rings is 2. The topological polar surface area (TPSA) is 35.5 Å². The first-order chi connectivity index (χ1) is 10.1. The molecule has 21 heavy (non-hydrogen) atoms. The highest BCUT2D eigenvalue weighted by atomic mass is 35.5. The van der Waals surface area contributed by atoms with Crippen LogP contribution in [0.3, 0.4) is 0 Å². The van der Waals surface area contributed by atoms with Crippen molar-refractivity contribution in [3.05, 3.63) is 63.6 Å². The summed E-state index contributed by atoms with van der Waals surface area (Å²) < 4.78 is 10.7. The highest BCUT2D eigenvalue weighted by molar-refractivity contribution is 6.42. The molecule has 2 rings (SSSR count). The van der Waals surface area contributed by atoms with Gasteiger partial charge >= 0.3 is 5.97 Å². The normalized spacial score (nSPS) is 10.2. The maximum atomic E-state index is 12.1. The number of esters is 1. The standard InChI is InChI=1S/C16H14Cl2O3/c1-2-20-15-6-4-3-5-12(15)16(19)21-10-11-7-8-13(17)14(18)9-11/h3-9H,2,10H2,1H3. The van der Waals surface area contributed by atoms with E-state index in [1.807, 2.05) is 6.92 Å². The van der Waals surface area contributed by atoms with Crippen molar-refractivity contribution in [3.63, 3.8) is 0 Å². The Bertz CT molecular complexity index is 641. The fourth-order valence-electron chi connectivity index (χ4n) is 1.77. The van der Waals surface area contributed by atoms with Crippen molar-refractivity contribution >= 4 is 29.2 Å². The average Bonchev–Trinajstić information content (AvgIpc) is 2.49. The predicted molar refractivity (Wildman–Crippen MR) is 83.2 cm³/mol. The molecular formula is C16H14Cl2O3. The van der Waals surface area contributed by atoms with Crippen LogP contribution in [-0.2, 0) is 11.3 Å². The van der Waals surface area contributed by atoms with Gasteiger partial charge < -0.3 is 9.47 Å². The van der Waals surface area contributed by atoms with Gasteiger partial charge in [0.1, 0.15) is 17.9 Å². The molecular weight excluding hydrogens is 311 g/mol. The lowest BCUT2D eigenvalue weighted by Gasteiger charge is -2.10. The van der Waals surface area contributed by atoms with Gasteiger partial charge in [-0.3, -0.25) is 0 Å². The second-order valence-corrected chi connectivity index (χ2v) is 5.07.